The number of nitrogens with one attached hydrogen (secondary N) is 1. The second kappa shape index (κ2) is 6.38. The highest BCUT2D eigenvalue weighted by Crippen LogP contribution is 1.98. The van der Waals surface area contributed by atoms with E-state index in [1.54, 1.807) is 6.92 Å². The van der Waals surface area contributed by atoms with Gasteiger partial charge in [0.15, 0.2) is 0 Å². The van der Waals surface area contributed by atoms with Gasteiger partial charge in [-0.1, -0.05) is 0 Å². The van der Waals surface area contributed by atoms with Crippen LogP contribution in [0.5, 0.6) is 0 Å². The molecule has 2 N–H and O–H groups in total. The van der Waals surface area contributed by atoms with E-state index >= 15 is 0 Å². The third-order valence-electron chi connectivity index (χ3n) is 1.96. The van der Waals surface area contributed by atoms with Crippen molar-refractivity contribution in [1.29, 1.82) is 0 Å². The van der Waals surface area contributed by atoms with E-state index in [9.17, 15) is 14.4 Å². The van der Waals surface area contributed by atoms with Crippen molar-refractivity contribution < 1.29 is 24.2 Å². The molecule has 18 heavy (non-hydrogen) atoms. The van der Waals surface area contributed by atoms with Gasteiger partial charge in [-0.15, -0.1) is 0 Å². The van der Waals surface area contributed by atoms with E-state index in [1.165, 1.54) is 12.3 Å². The van der Waals surface area contributed by atoms with Gasteiger partial charge in [-0.3, -0.25) is 9.59 Å². The van der Waals surface area contributed by atoms with Crippen molar-refractivity contribution in [3.63, 3.8) is 0 Å². The average molecular weight is 255 g/mol. The predicted octanol–water partition coefficient (Wildman–Crippen LogP) is -0.739. The molecule has 0 aromatic carbocycles. The van der Waals surface area contributed by atoms with Crippen molar-refractivity contribution in [2.75, 3.05) is 13.2 Å². The van der Waals surface area contributed by atoms with Crippen LogP contribution in [0.15, 0.2) is 12.3 Å². The van der Waals surface area contributed by atoms with E-state index in [4.69, 9.17) is 5.11 Å². The Hall–Kier alpha value is -2.38. The summed E-state index contributed by atoms with van der Waals surface area (Å²) < 4.78 is 5.65. The van der Waals surface area contributed by atoms with Crippen LogP contribution in [-0.2, 0) is 20.9 Å². The van der Waals surface area contributed by atoms with Crippen LogP contribution in [0.1, 0.15) is 17.4 Å². The highest BCUT2D eigenvalue weighted by atomic mass is 16.5. The monoisotopic (exact) mass is 255 g/mol. The molecular weight excluding hydrogens is 242 g/mol. The van der Waals surface area contributed by atoms with Crippen molar-refractivity contribution in [2.45, 2.75) is 13.5 Å². The van der Waals surface area contributed by atoms with Gasteiger partial charge in [0.1, 0.15) is 18.8 Å². The Labute approximate surface area is 103 Å². The minimum atomic E-state index is -1.18. The van der Waals surface area contributed by atoms with Crippen molar-refractivity contribution in [1.82, 2.24) is 15.1 Å². The lowest BCUT2D eigenvalue weighted by molar-refractivity contribution is -0.143. The fraction of sp³-hybridized carbons (Fsp3) is 0.400. The maximum atomic E-state index is 11.4. The number of nitrogens with zero attached hydrogens (tertiary/aromatic N) is 2. The lowest BCUT2D eigenvalue weighted by Gasteiger charge is -2.06. The summed E-state index contributed by atoms with van der Waals surface area (Å²) in [4.78, 5) is 33.1. The molecule has 1 aromatic heterocycles. The highest BCUT2D eigenvalue weighted by Gasteiger charge is 2.13. The number of ether oxygens (including phenoxy) is 1. The fourth-order valence-electron chi connectivity index (χ4n) is 1.22. The average Bonchev–Trinajstić information content (AvgIpc) is 2.75. The first-order chi connectivity index (χ1) is 8.54. The zero-order valence-electron chi connectivity index (χ0n) is 9.75. The largest absolute Gasteiger partial charge is 0.477 e. The molecule has 0 saturated heterocycles. The fourth-order valence-corrected chi connectivity index (χ4v) is 1.22. The molecule has 0 aliphatic carbocycles. The maximum Gasteiger partial charge on any atom is 0.354 e. The molecule has 0 aliphatic heterocycles. The molecule has 1 amide bonds. The summed E-state index contributed by atoms with van der Waals surface area (Å²) in [7, 11) is 0. The molecule has 0 fully saturated rings. The van der Waals surface area contributed by atoms with Gasteiger partial charge < -0.3 is 15.2 Å². The van der Waals surface area contributed by atoms with Crippen molar-refractivity contribution >= 4 is 17.8 Å². The van der Waals surface area contributed by atoms with E-state index < -0.39 is 17.8 Å². The molecule has 1 aromatic rings. The Bertz CT molecular complexity index is 454. The van der Waals surface area contributed by atoms with Crippen LogP contribution < -0.4 is 5.32 Å². The van der Waals surface area contributed by atoms with Crippen molar-refractivity contribution in [2.24, 2.45) is 0 Å². The van der Waals surface area contributed by atoms with Crippen LogP contribution >= 0.6 is 0 Å². The van der Waals surface area contributed by atoms with Crippen LogP contribution in [0, 0.1) is 0 Å². The van der Waals surface area contributed by atoms with Gasteiger partial charge in [0.05, 0.1) is 6.61 Å². The summed E-state index contributed by atoms with van der Waals surface area (Å²) in [5.74, 6) is -2.25. The van der Waals surface area contributed by atoms with Gasteiger partial charge in [0.2, 0.25) is 5.91 Å². The van der Waals surface area contributed by atoms with Gasteiger partial charge in [-0.05, 0) is 13.0 Å². The summed E-state index contributed by atoms with van der Waals surface area (Å²) in [6.07, 6.45) is 1.28. The number of esters is 1. The molecule has 0 radical (unpaired) electrons. The minimum Gasteiger partial charge on any atom is -0.477 e. The summed E-state index contributed by atoms with van der Waals surface area (Å²) in [6, 6.07) is 1.28. The smallest absolute Gasteiger partial charge is 0.354 e. The van der Waals surface area contributed by atoms with E-state index in [0.717, 1.165) is 4.68 Å². The first-order valence-electron chi connectivity index (χ1n) is 5.22. The normalized spacial score (nSPS) is 9.83. The summed E-state index contributed by atoms with van der Waals surface area (Å²) in [5.41, 5.74) is -0.0960. The van der Waals surface area contributed by atoms with Crippen LogP contribution in [0.25, 0.3) is 0 Å². The Morgan fingerprint density at radius 3 is 2.83 bits per heavy atom. The van der Waals surface area contributed by atoms with Gasteiger partial charge in [0.25, 0.3) is 0 Å². The number of carbonyl (C=O) groups is 3. The van der Waals surface area contributed by atoms with E-state index in [2.05, 4.69) is 15.2 Å². The number of carboxylic acid groups (broad SMARTS) is 1. The number of carboxylic acids is 1. The SMILES string of the molecule is CCOC(=O)CNC(=O)Cn1nccc1C(=O)O. The molecule has 1 heterocycles. The summed E-state index contributed by atoms with van der Waals surface area (Å²) >= 11 is 0. The Balaban J connectivity index is 2.47. The first-order valence-corrected chi connectivity index (χ1v) is 5.22. The van der Waals surface area contributed by atoms with Crippen LogP contribution in [0.2, 0.25) is 0 Å². The number of hydrogen-bond acceptors (Lipinski definition) is 5. The molecule has 0 unspecified atom stereocenters. The Morgan fingerprint density at radius 2 is 2.22 bits per heavy atom. The highest BCUT2D eigenvalue weighted by molar-refractivity contribution is 5.87. The van der Waals surface area contributed by atoms with Gasteiger partial charge in [-0.25, -0.2) is 9.48 Å². The number of rotatable bonds is 6. The molecular formula is C10H13N3O5. The quantitative estimate of drug-likeness (QED) is 0.648. The maximum absolute atomic E-state index is 11.4. The Kier molecular flexibility index (Phi) is 4.85. The van der Waals surface area contributed by atoms with Gasteiger partial charge in [0, 0.05) is 6.20 Å². The number of aromatic carboxylic acids is 1. The second-order valence-corrected chi connectivity index (χ2v) is 3.26. The number of carbonyl (C=O) groups excluding carboxylic acids is 2. The van der Waals surface area contributed by atoms with E-state index in [0.29, 0.717) is 0 Å². The third kappa shape index (κ3) is 3.89. The Morgan fingerprint density at radius 1 is 1.50 bits per heavy atom. The zero-order valence-corrected chi connectivity index (χ0v) is 9.75. The lowest BCUT2D eigenvalue weighted by atomic mass is 10.4. The third-order valence-corrected chi connectivity index (χ3v) is 1.96. The number of hydrogen-bond donors (Lipinski definition) is 2. The number of amides is 1. The minimum absolute atomic E-state index is 0.0960. The first kappa shape index (κ1) is 13.7. The topological polar surface area (TPSA) is 111 Å². The molecule has 0 saturated carbocycles. The molecule has 8 heteroatoms. The van der Waals surface area contributed by atoms with Crippen LogP contribution in [0.4, 0.5) is 0 Å². The standard InChI is InChI=1S/C10H13N3O5/c1-2-18-9(15)5-11-8(14)6-13-7(10(16)17)3-4-12-13/h3-4H,2,5-6H2,1H3,(H,11,14)(H,16,17). The van der Waals surface area contributed by atoms with E-state index in [1.807, 2.05) is 0 Å². The molecule has 0 atom stereocenters. The zero-order chi connectivity index (χ0) is 13.5. The number of aromatic nitrogens is 2. The van der Waals surface area contributed by atoms with Gasteiger partial charge in [-0.2, -0.15) is 5.10 Å². The molecule has 98 valence electrons. The lowest BCUT2D eigenvalue weighted by Crippen LogP contribution is -2.34. The molecule has 0 aliphatic rings. The molecule has 0 spiro atoms. The van der Waals surface area contributed by atoms with Crippen LogP contribution in [0.3, 0.4) is 0 Å². The molecule has 1 rings (SSSR count). The van der Waals surface area contributed by atoms with Crippen molar-refractivity contribution in [3.8, 4) is 0 Å². The van der Waals surface area contributed by atoms with E-state index in [-0.39, 0.29) is 25.4 Å². The van der Waals surface area contributed by atoms with Crippen molar-refractivity contribution in [3.05, 3.63) is 18.0 Å². The molecule has 0 bridgehead atoms. The van der Waals surface area contributed by atoms with Crippen LogP contribution in [-0.4, -0.2) is 45.9 Å². The summed E-state index contributed by atoms with van der Waals surface area (Å²) in [5, 5.41) is 14.8. The molecule has 8 nitrogen and oxygen atoms in total. The van der Waals surface area contributed by atoms with Gasteiger partial charge >= 0.3 is 11.9 Å². The predicted molar refractivity (Wildman–Crippen MR) is 58.8 cm³/mol. The second-order valence-electron chi connectivity index (χ2n) is 3.26. The summed E-state index contributed by atoms with van der Waals surface area (Å²) in [6.45, 7) is 1.37.